The first-order valence-corrected chi connectivity index (χ1v) is 5.99. The Morgan fingerprint density at radius 2 is 2.21 bits per heavy atom. The molecule has 1 heterocycles. The third-order valence-corrected chi connectivity index (χ3v) is 2.76. The van der Waals surface area contributed by atoms with E-state index < -0.39 is 10.6 Å². The van der Waals surface area contributed by atoms with Crippen LogP contribution < -0.4 is 10.5 Å². The summed E-state index contributed by atoms with van der Waals surface area (Å²) in [5.41, 5.74) is 5.86. The van der Waals surface area contributed by atoms with Crippen LogP contribution in [0, 0.1) is 10.1 Å². The number of hydrogen-bond acceptors (Lipinski definition) is 6. The standard InChI is InChI=1S/C11H9BrN4O3/c12-8-3-1-2-7(4-8)5-19-11-9(16(17)18)10(13)14-6-15-11/h1-4,6H,5H2,(H2,13,14,15). The number of rotatable bonds is 4. The van der Waals surface area contributed by atoms with Gasteiger partial charge in [-0.3, -0.25) is 10.1 Å². The fourth-order valence-corrected chi connectivity index (χ4v) is 1.88. The normalized spacial score (nSPS) is 10.2. The zero-order valence-corrected chi connectivity index (χ0v) is 11.2. The first-order valence-electron chi connectivity index (χ1n) is 5.20. The number of nitrogens with zero attached hydrogens (tertiary/aromatic N) is 3. The molecule has 2 rings (SSSR count). The van der Waals surface area contributed by atoms with Crippen molar-refractivity contribution >= 4 is 27.4 Å². The van der Waals surface area contributed by atoms with E-state index in [0.29, 0.717) is 0 Å². The Morgan fingerprint density at radius 1 is 1.42 bits per heavy atom. The summed E-state index contributed by atoms with van der Waals surface area (Å²) in [6, 6.07) is 7.39. The molecular weight excluding hydrogens is 316 g/mol. The first kappa shape index (κ1) is 13.2. The first-order chi connectivity index (χ1) is 9.08. The lowest BCUT2D eigenvalue weighted by Crippen LogP contribution is -2.05. The lowest BCUT2D eigenvalue weighted by Gasteiger charge is -2.06. The maximum atomic E-state index is 10.9. The fourth-order valence-electron chi connectivity index (χ4n) is 1.43. The SMILES string of the molecule is Nc1ncnc(OCc2cccc(Br)c2)c1[N+](=O)[O-]. The van der Waals surface area contributed by atoms with Gasteiger partial charge >= 0.3 is 5.69 Å². The zero-order chi connectivity index (χ0) is 13.8. The Labute approximate surface area is 116 Å². The van der Waals surface area contributed by atoms with E-state index in [1.807, 2.05) is 24.3 Å². The molecule has 1 aromatic heterocycles. The second kappa shape index (κ2) is 5.61. The summed E-state index contributed by atoms with van der Waals surface area (Å²) in [5.74, 6) is -0.360. The molecule has 0 saturated heterocycles. The van der Waals surface area contributed by atoms with Gasteiger partial charge in [0, 0.05) is 4.47 Å². The van der Waals surface area contributed by atoms with E-state index in [0.717, 1.165) is 16.4 Å². The molecular formula is C11H9BrN4O3. The molecule has 98 valence electrons. The van der Waals surface area contributed by atoms with E-state index in [9.17, 15) is 10.1 Å². The van der Waals surface area contributed by atoms with Crippen molar-refractivity contribution in [1.82, 2.24) is 9.97 Å². The van der Waals surface area contributed by atoms with Crippen LogP contribution in [0.2, 0.25) is 0 Å². The number of nitro groups is 1. The van der Waals surface area contributed by atoms with Gasteiger partial charge in [0.05, 0.1) is 4.92 Å². The maximum Gasteiger partial charge on any atom is 0.372 e. The van der Waals surface area contributed by atoms with Gasteiger partial charge in [-0.1, -0.05) is 28.1 Å². The summed E-state index contributed by atoms with van der Waals surface area (Å²) in [5, 5.41) is 10.9. The van der Waals surface area contributed by atoms with E-state index in [2.05, 4.69) is 25.9 Å². The van der Waals surface area contributed by atoms with Crippen LogP contribution >= 0.6 is 15.9 Å². The Balaban J connectivity index is 2.20. The monoisotopic (exact) mass is 324 g/mol. The molecule has 0 atom stereocenters. The minimum Gasteiger partial charge on any atom is -0.468 e. The van der Waals surface area contributed by atoms with Gasteiger partial charge in [0.2, 0.25) is 5.82 Å². The van der Waals surface area contributed by atoms with Crippen LogP contribution in [0.1, 0.15) is 5.56 Å². The molecule has 19 heavy (non-hydrogen) atoms. The zero-order valence-electron chi connectivity index (χ0n) is 9.62. The minimum atomic E-state index is -0.661. The van der Waals surface area contributed by atoms with Crippen LogP contribution in [0.5, 0.6) is 5.88 Å². The molecule has 0 aliphatic rings. The number of benzene rings is 1. The van der Waals surface area contributed by atoms with Crippen LogP contribution in [0.15, 0.2) is 35.1 Å². The van der Waals surface area contributed by atoms with E-state index in [4.69, 9.17) is 10.5 Å². The Bertz CT molecular complexity index is 621. The maximum absolute atomic E-state index is 10.9. The van der Waals surface area contributed by atoms with Gasteiger partial charge in [-0.15, -0.1) is 0 Å². The summed E-state index contributed by atoms with van der Waals surface area (Å²) < 4.78 is 6.22. The van der Waals surface area contributed by atoms with Crippen LogP contribution in [0.4, 0.5) is 11.5 Å². The molecule has 0 radical (unpaired) electrons. The average molecular weight is 325 g/mol. The molecule has 0 saturated carbocycles. The van der Waals surface area contributed by atoms with Crippen molar-refractivity contribution in [2.75, 3.05) is 5.73 Å². The number of halogens is 1. The molecule has 2 aromatic rings. The van der Waals surface area contributed by atoms with E-state index in [1.165, 1.54) is 0 Å². The molecule has 8 heteroatoms. The molecule has 2 N–H and O–H groups in total. The molecule has 0 spiro atoms. The van der Waals surface area contributed by atoms with Crippen molar-refractivity contribution < 1.29 is 9.66 Å². The van der Waals surface area contributed by atoms with Crippen molar-refractivity contribution in [3.05, 3.63) is 50.7 Å². The largest absolute Gasteiger partial charge is 0.468 e. The summed E-state index contributed by atoms with van der Waals surface area (Å²) in [7, 11) is 0. The number of ether oxygens (including phenoxy) is 1. The van der Waals surface area contributed by atoms with Crippen molar-refractivity contribution in [3.63, 3.8) is 0 Å². The molecule has 0 aliphatic carbocycles. The Hall–Kier alpha value is -2.22. The molecule has 7 nitrogen and oxygen atoms in total. The highest BCUT2D eigenvalue weighted by molar-refractivity contribution is 9.10. The van der Waals surface area contributed by atoms with E-state index >= 15 is 0 Å². The summed E-state index contributed by atoms with van der Waals surface area (Å²) in [4.78, 5) is 17.5. The molecule has 1 aromatic carbocycles. The van der Waals surface area contributed by atoms with E-state index in [-0.39, 0.29) is 18.3 Å². The van der Waals surface area contributed by atoms with Crippen molar-refractivity contribution in [1.29, 1.82) is 0 Å². The third-order valence-electron chi connectivity index (χ3n) is 2.26. The van der Waals surface area contributed by atoms with Gasteiger partial charge in [-0.25, -0.2) is 4.98 Å². The van der Waals surface area contributed by atoms with Gasteiger partial charge in [-0.05, 0) is 17.7 Å². The molecule has 0 unspecified atom stereocenters. The second-order valence-electron chi connectivity index (χ2n) is 3.59. The Morgan fingerprint density at radius 3 is 2.89 bits per heavy atom. The summed E-state index contributed by atoms with van der Waals surface area (Å²) in [6.07, 6.45) is 1.12. The smallest absolute Gasteiger partial charge is 0.372 e. The number of nitrogen functional groups attached to an aromatic ring is 1. The lowest BCUT2D eigenvalue weighted by atomic mass is 10.2. The molecule has 0 aliphatic heterocycles. The quantitative estimate of drug-likeness (QED) is 0.683. The highest BCUT2D eigenvalue weighted by Gasteiger charge is 2.22. The number of anilines is 1. The highest BCUT2D eigenvalue weighted by atomic mass is 79.9. The van der Waals surface area contributed by atoms with Gasteiger partial charge < -0.3 is 10.5 Å². The van der Waals surface area contributed by atoms with Crippen molar-refractivity contribution in [2.45, 2.75) is 6.61 Å². The van der Waals surface area contributed by atoms with Crippen LogP contribution in [0.25, 0.3) is 0 Å². The van der Waals surface area contributed by atoms with Crippen LogP contribution in [-0.4, -0.2) is 14.9 Å². The van der Waals surface area contributed by atoms with Crippen LogP contribution in [0.3, 0.4) is 0 Å². The van der Waals surface area contributed by atoms with Gasteiger partial charge in [-0.2, -0.15) is 4.98 Å². The predicted octanol–water partition coefficient (Wildman–Crippen LogP) is 2.31. The minimum absolute atomic E-state index is 0.141. The second-order valence-corrected chi connectivity index (χ2v) is 4.50. The highest BCUT2D eigenvalue weighted by Crippen LogP contribution is 2.29. The van der Waals surface area contributed by atoms with Gasteiger partial charge in [0.1, 0.15) is 12.9 Å². The number of hydrogen-bond donors (Lipinski definition) is 1. The van der Waals surface area contributed by atoms with Crippen molar-refractivity contribution in [2.24, 2.45) is 0 Å². The van der Waals surface area contributed by atoms with E-state index in [1.54, 1.807) is 0 Å². The molecule has 0 fully saturated rings. The Kier molecular flexibility index (Phi) is 3.91. The lowest BCUT2D eigenvalue weighted by molar-refractivity contribution is -0.385. The predicted molar refractivity (Wildman–Crippen MR) is 71.6 cm³/mol. The molecule has 0 amide bonds. The topological polar surface area (TPSA) is 104 Å². The van der Waals surface area contributed by atoms with Crippen molar-refractivity contribution in [3.8, 4) is 5.88 Å². The number of nitrogens with two attached hydrogens (primary N) is 1. The summed E-state index contributed by atoms with van der Waals surface area (Å²) in [6.45, 7) is 0.150. The van der Waals surface area contributed by atoms with Gasteiger partial charge in [0.25, 0.3) is 5.88 Å². The summed E-state index contributed by atoms with van der Waals surface area (Å²) >= 11 is 3.33. The third kappa shape index (κ3) is 3.16. The van der Waals surface area contributed by atoms with Gasteiger partial charge in [0.15, 0.2) is 0 Å². The van der Waals surface area contributed by atoms with Crippen LogP contribution in [-0.2, 0) is 6.61 Å². The average Bonchev–Trinajstić information content (AvgIpc) is 2.36. The number of aromatic nitrogens is 2. The molecule has 0 bridgehead atoms. The fraction of sp³-hybridized carbons (Fsp3) is 0.0909.